The van der Waals surface area contributed by atoms with Crippen molar-refractivity contribution in [2.45, 2.75) is 25.8 Å². The first-order chi connectivity index (χ1) is 7.18. The molecule has 0 aliphatic heterocycles. The minimum atomic E-state index is -4.34. The lowest BCUT2D eigenvalue weighted by Gasteiger charge is -2.05. The number of nitrogens with zero attached hydrogens (tertiary/aromatic N) is 1. The number of aromatic nitrogens is 1. The summed E-state index contributed by atoms with van der Waals surface area (Å²) < 4.78 is 36.7. The largest absolute Gasteiger partial charge is 0.417 e. The highest BCUT2D eigenvalue weighted by Gasteiger charge is 2.30. The Labute approximate surface area is 93.7 Å². The minimum Gasteiger partial charge on any atom is -0.247 e. The van der Waals surface area contributed by atoms with Gasteiger partial charge in [-0.3, -0.25) is 0 Å². The second-order valence-electron chi connectivity index (χ2n) is 4.43. The highest BCUT2D eigenvalue weighted by atomic mass is 28.3. The average molecular weight is 243 g/mol. The SMILES string of the molecule is C[Si](C)(C)C#Cc1ccc(C(F)(F)F)cn1. The van der Waals surface area contributed by atoms with Crippen molar-refractivity contribution in [3.63, 3.8) is 0 Å². The second-order valence-corrected chi connectivity index (χ2v) is 9.18. The molecule has 1 rings (SSSR count). The van der Waals surface area contributed by atoms with Gasteiger partial charge in [0.05, 0.1) is 5.56 Å². The summed E-state index contributed by atoms with van der Waals surface area (Å²) >= 11 is 0. The molecule has 1 nitrogen and oxygen atoms in total. The van der Waals surface area contributed by atoms with Gasteiger partial charge in [-0.15, -0.1) is 5.54 Å². The van der Waals surface area contributed by atoms with Crippen LogP contribution in [0.4, 0.5) is 13.2 Å². The highest BCUT2D eigenvalue weighted by Crippen LogP contribution is 2.28. The quantitative estimate of drug-likeness (QED) is 0.503. The number of hydrogen-bond acceptors (Lipinski definition) is 1. The van der Waals surface area contributed by atoms with E-state index in [1.54, 1.807) is 0 Å². The molecule has 0 aliphatic rings. The van der Waals surface area contributed by atoms with E-state index in [0.717, 1.165) is 12.3 Å². The van der Waals surface area contributed by atoms with Crippen LogP contribution in [-0.2, 0) is 6.18 Å². The van der Waals surface area contributed by atoms with Crippen molar-refractivity contribution < 1.29 is 13.2 Å². The first-order valence-electron chi connectivity index (χ1n) is 4.75. The molecule has 86 valence electrons. The summed E-state index contributed by atoms with van der Waals surface area (Å²) in [5, 5.41) is 0. The van der Waals surface area contributed by atoms with Gasteiger partial charge in [-0.25, -0.2) is 4.98 Å². The summed E-state index contributed by atoms with van der Waals surface area (Å²) in [4.78, 5) is 3.68. The van der Waals surface area contributed by atoms with Gasteiger partial charge in [-0.2, -0.15) is 13.2 Å². The molecule has 0 N–H and O–H groups in total. The van der Waals surface area contributed by atoms with Gasteiger partial charge in [0.15, 0.2) is 0 Å². The molecule has 0 fully saturated rings. The minimum absolute atomic E-state index is 0.385. The standard InChI is InChI=1S/C11H12F3NSi/c1-16(2,3)7-6-10-5-4-9(8-15-10)11(12,13)14/h4-5,8H,1-3H3. The van der Waals surface area contributed by atoms with Crippen molar-refractivity contribution in [2.75, 3.05) is 0 Å². The summed E-state index contributed by atoms with van der Waals surface area (Å²) in [5.74, 6) is 2.80. The van der Waals surface area contributed by atoms with Crippen LogP contribution < -0.4 is 0 Å². The molecule has 1 aromatic heterocycles. The van der Waals surface area contributed by atoms with E-state index in [0.29, 0.717) is 5.69 Å². The highest BCUT2D eigenvalue weighted by molar-refractivity contribution is 6.83. The zero-order valence-corrected chi connectivity index (χ0v) is 10.3. The smallest absolute Gasteiger partial charge is 0.247 e. The fourth-order valence-corrected chi connectivity index (χ4v) is 1.39. The molecule has 0 aliphatic carbocycles. The van der Waals surface area contributed by atoms with E-state index in [4.69, 9.17) is 0 Å². The summed E-state index contributed by atoms with van der Waals surface area (Å²) in [6, 6.07) is 2.30. The Morgan fingerprint density at radius 3 is 2.19 bits per heavy atom. The molecule has 1 aromatic rings. The summed E-state index contributed by atoms with van der Waals surface area (Å²) in [7, 11) is -1.51. The molecule has 0 amide bonds. The zero-order chi connectivity index (χ0) is 12.4. The van der Waals surface area contributed by atoms with Crippen LogP contribution in [0.15, 0.2) is 18.3 Å². The third-order valence-corrected chi connectivity index (χ3v) is 2.53. The molecule has 0 atom stereocenters. The van der Waals surface area contributed by atoms with E-state index in [1.807, 2.05) is 0 Å². The molecule has 0 saturated heterocycles. The molecule has 1 heterocycles. The van der Waals surface area contributed by atoms with Crippen molar-refractivity contribution in [1.29, 1.82) is 0 Å². The lowest BCUT2D eigenvalue weighted by atomic mass is 10.2. The van der Waals surface area contributed by atoms with Crippen molar-refractivity contribution in [1.82, 2.24) is 4.98 Å². The lowest BCUT2D eigenvalue weighted by Crippen LogP contribution is -2.16. The molecular weight excluding hydrogens is 231 g/mol. The third kappa shape index (κ3) is 4.07. The first-order valence-corrected chi connectivity index (χ1v) is 8.25. The number of halogens is 3. The Kier molecular flexibility index (Phi) is 3.43. The summed E-state index contributed by atoms with van der Waals surface area (Å²) in [5.41, 5.74) is 2.68. The van der Waals surface area contributed by atoms with E-state index >= 15 is 0 Å². The Bertz CT molecular complexity index is 418. The maximum atomic E-state index is 12.2. The predicted octanol–water partition coefficient (Wildman–Crippen LogP) is 3.33. The van der Waals surface area contributed by atoms with E-state index < -0.39 is 19.8 Å². The second kappa shape index (κ2) is 4.30. The molecule has 0 saturated carbocycles. The van der Waals surface area contributed by atoms with Gasteiger partial charge in [0.25, 0.3) is 0 Å². The number of alkyl halides is 3. The van der Waals surface area contributed by atoms with E-state index in [-0.39, 0.29) is 0 Å². The molecule has 0 radical (unpaired) electrons. The first kappa shape index (κ1) is 12.8. The van der Waals surface area contributed by atoms with Crippen LogP contribution >= 0.6 is 0 Å². The maximum Gasteiger partial charge on any atom is 0.417 e. The number of pyridine rings is 1. The third-order valence-electron chi connectivity index (χ3n) is 1.66. The Morgan fingerprint density at radius 1 is 1.19 bits per heavy atom. The van der Waals surface area contributed by atoms with Crippen LogP contribution in [-0.4, -0.2) is 13.1 Å². The van der Waals surface area contributed by atoms with Gasteiger partial charge in [-0.1, -0.05) is 25.6 Å². The summed E-state index contributed by atoms with van der Waals surface area (Å²) in [6.07, 6.45) is -3.52. The van der Waals surface area contributed by atoms with Gasteiger partial charge >= 0.3 is 6.18 Å². The van der Waals surface area contributed by atoms with Crippen LogP contribution in [0.2, 0.25) is 19.6 Å². The fourth-order valence-electron chi connectivity index (χ4n) is 0.887. The van der Waals surface area contributed by atoms with Crippen LogP contribution in [0.25, 0.3) is 0 Å². The van der Waals surface area contributed by atoms with E-state index in [1.165, 1.54) is 6.07 Å². The lowest BCUT2D eigenvalue weighted by molar-refractivity contribution is -0.137. The van der Waals surface area contributed by atoms with Gasteiger partial charge in [-0.05, 0) is 12.1 Å². The van der Waals surface area contributed by atoms with Crippen molar-refractivity contribution >= 4 is 8.07 Å². The van der Waals surface area contributed by atoms with E-state index in [9.17, 15) is 13.2 Å². The van der Waals surface area contributed by atoms with Crippen LogP contribution in [0.1, 0.15) is 11.3 Å². The molecule has 16 heavy (non-hydrogen) atoms. The Balaban J connectivity index is 2.91. The van der Waals surface area contributed by atoms with Gasteiger partial charge in [0, 0.05) is 6.20 Å². The normalized spacial score (nSPS) is 11.9. The fraction of sp³-hybridized carbons (Fsp3) is 0.364. The van der Waals surface area contributed by atoms with Crippen molar-refractivity contribution in [2.24, 2.45) is 0 Å². The van der Waals surface area contributed by atoms with Crippen molar-refractivity contribution in [3.05, 3.63) is 29.6 Å². The predicted molar refractivity (Wildman–Crippen MR) is 59.5 cm³/mol. The van der Waals surface area contributed by atoms with Crippen molar-refractivity contribution in [3.8, 4) is 11.5 Å². The number of rotatable bonds is 0. The topological polar surface area (TPSA) is 12.9 Å². The van der Waals surface area contributed by atoms with E-state index in [2.05, 4.69) is 36.1 Å². The molecular formula is C11H12F3NSi. The Morgan fingerprint density at radius 2 is 1.81 bits per heavy atom. The van der Waals surface area contributed by atoms with Crippen LogP contribution in [0.3, 0.4) is 0 Å². The zero-order valence-electron chi connectivity index (χ0n) is 9.31. The van der Waals surface area contributed by atoms with Gasteiger partial charge in [0.1, 0.15) is 13.8 Å². The number of hydrogen-bond donors (Lipinski definition) is 0. The monoisotopic (exact) mass is 243 g/mol. The van der Waals surface area contributed by atoms with Crippen LogP contribution in [0.5, 0.6) is 0 Å². The average Bonchev–Trinajstić information content (AvgIpc) is 2.13. The molecule has 0 aromatic carbocycles. The molecule has 0 unspecified atom stereocenters. The van der Waals surface area contributed by atoms with Gasteiger partial charge < -0.3 is 0 Å². The summed E-state index contributed by atoms with van der Waals surface area (Å²) in [6.45, 7) is 6.18. The molecule has 5 heteroatoms. The van der Waals surface area contributed by atoms with Crippen LogP contribution in [0, 0.1) is 11.5 Å². The molecule has 0 bridgehead atoms. The van der Waals surface area contributed by atoms with Gasteiger partial charge in [0.2, 0.25) is 0 Å². The Hall–Kier alpha value is -1.28. The maximum absolute atomic E-state index is 12.2. The molecule has 0 spiro atoms.